The molecule has 0 aliphatic rings. The van der Waals surface area contributed by atoms with Crippen LogP contribution in [0.2, 0.25) is 5.02 Å². The lowest BCUT2D eigenvalue weighted by Gasteiger charge is -2.06. The van der Waals surface area contributed by atoms with Crippen molar-refractivity contribution in [2.24, 2.45) is 5.10 Å². The van der Waals surface area contributed by atoms with Crippen molar-refractivity contribution in [1.82, 2.24) is 5.43 Å². The fourth-order valence-electron chi connectivity index (χ4n) is 2.36. The van der Waals surface area contributed by atoms with E-state index in [0.29, 0.717) is 27.4 Å². The van der Waals surface area contributed by atoms with Crippen LogP contribution < -0.4 is 10.7 Å². The summed E-state index contributed by atoms with van der Waals surface area (Å²) >= 11 is 9.11. The van der Waals surface area contributed by atoms with E-state index in [9.17, 15) is 14.7 Å². The molecule has 8 heteroatoms. The molecule has 0 saturated heterocycles. The van der Waals surface area contributed by atoms with Gasteiger partial charge in [-0.25, -0.2) is 5.43 Å². The summed E-state index contributed by atoms with van der Waals surface area (Å²) < 4.78 is 0.777. The van der Waals surface area contributed by atoms with Crippen molar-refractivity contribution >= 4 is 51.2 Å². The van der Waals surface area contributed by atoms with Gasteiger partial charge in [-0.1, -0.05) is 27.5 Å². The van der Waals surface area contributed by atoms with Crippen molar-refractivity contribution in [2.45, 2.75) is 0 Å². The van der Waals surface area contributed by atoms with E-state index in [2.05, 4.69) is 31.8 Å². The van der Waals surface area contributed by atoms with E-state index in [-0.39, 0.29) is 11.7 Å². The average molecular weight is 473 g/mol. The molecule has 146 valence electrons. The first kappa shape index (κ1) is 20.6. The molecule has 0 unspecified atom stereocenters. The zero-order valence-corrected chi connectivity index (χ0v) is 17.2. The van der Waals surface area contributed by atoms with E-state index in [1.54, 1.807) is 60.7 Å². The third kappa shape index (κ3) is 5.66. The number of anilines is 1. The standard InChI is InChI=1S/C21H15BrClN3O3/c22-16-5-10-19(27)15(11-16)12-24-26-21(29)14-3-8-18(9-4-14)25-20(28)13-1-6-17(23)7-2-13/h1-12,27H,(H,25,28)(H,26,29)/b24-12-. The Labute approximate surface area is 180 Å². The van der Waals surface area contributed by atoms with E-state index in [0.717, 1.165) is 4.47 Å². The number of phenols is 1. The first-order chi connectivity index (χ1) is 13.9. The quantitative estimate of drug-likeness (QED) is 0.367. The molecule has 0 spiro atoms. The van der Waals surface area contributed by atoms with Gasteiger partial charge in [-0.3, -0.25) is 9.59 Å². The van der Waals surface area contributed by atoms with Crippen molar-refractivity contribution in [2.75, 3.05) is 5.32 Å². The van der Waals surface area contributed by atoms with E-state index < -0.39 is 5.91 Å². The Morgan fingerprint density at radius 3 is 2.24 bits per heavy atom. The Morgan fingerprint density at radius 2 is 1.55 bits per heavy atom. The Kier molecular flexibility index (Phi) is 6.64. The maximum atomic E-state index is 12.2. The topological polar surface area (TPSA) is 90.8 Å². The van der Waals surface area contributed by atoms with Gasteiger partial charge in [0.2, 0.25) is 0 Å². The lowest BCUT2D eigenvalue weighted by molar-refractivity contribution is 0.0954. The van der Waals surface area contributed by atoms with Crippen molar-refractivity contribution in [3.05, 3.63) is 92.9 Å². The van der Waals surface area contributed by atoms with Crippen LogP contribution in [0.5, 0.6) is 5.75 Å². The van der Waals surface area contributed by atoms with Crippen molar-refractivity contribution in [1.29, 1.82) is 0 Å². The molecule has 0 heterocycles. The van der Waals surface area contributed by atoms with Crippen LogP contribution in [0.1, 0.15) is 26.3 Å². The second-order valence-electron chi connectivity index (χ2n) is 5.94. The van der Waals surface area contributed by atoms with Crippen LogP contribution in [0.4, 0.5) is 5.69 Å². The summed E-state index contributed by atoms with van der Waals surface area (Å²) in [5.74, 6) is -0.657. The molecular weight excluding hydrogens is 458 g/mol. The SMILES string of the molecule is O=C(N/N=C\c1cc(Br)ccc1O)c1ccc(NC(=O)c2ccc(Cl)cc2)cc1. The van der Waals surface area contributed by atoms with Gasteiger partial charge in [-0.2, -0.15) is 5.10 Å². The van der Waals surface area contributed by atoms with Crippen LogP contribution in [0.3, 0.4) is 0 Å². The second kappa shape index (κ2) is 9.36. The minimum absolute atomic E-state index is 0.0481. The largest absolute Gasteiger partial charge is 0.507 e. The molecule has 3 aromatic rings. The number of hydrogen-bond donors (Lipinski definition) is 3. The number of amides is 2. The van der Waals surface area contributed by atoms with Crippen LogP contribution in [0.25, 0.3) is 0 Å². The lowest BCUT2D eigenvalue weighted by atomic mass is 10.1. The third-order valence-electron chi connectivity index (χ3n) is 3.87. The van der Waals surface area contributed by atoms with Crippen LogP contribution in [-0.4, -0.2) is 23.1 Å². The van der Waals surface area contributed by atoms with Gasteiger partial charge in [-0.15, -0.1) is 0 Å². The number of rotatable bonds is 5. The fourth-order valence-corrected chi connectivity index (χ4v) is 2.87. The van der Waals surface area contributed by atoms with E-state index in [4.69, 9.17) is 11.6 Å². The predicted octanol–water partition coefficient (Wildman–Crippen LogP) is 4.82. The summed E-state index contributed by atoms with van der Waals surface area (Å²) in [7, 11) is 0. The molecule has 0 aromatic heterocycles. The van der Waals surface area contributed by atoms with Crippen LogP contribution in [0, 0.1) is 0 Å². The molecule has 3 aromatic carbocycles. The number of hydrogen-bond acceptors (Lipinski definition) is 4. The molecule has 0 atom stereocenters. The fraction of sp³-hybridized carbons (Fsp3) is 0. The normalized spacial score (nSPS) is 10.7. The van der Waals surface area contributed by atoms with Gasteiger partial charge in [0.25, 0.3) is 11.8 Å². The monoisotopic (exact) mass is 471 g/mol. The third-order valence-corrected chi connectivity index (χ3v) is 4.62. The number of carbonyl (C=O) groups excluding carboxylic acids is 2. The summed E-state index contributed by atoms with van der Waals surface area (Å²) in [6, 6.07) is 17.8. The highest BCUT2D eigenvalue weighted by atomic mass is 79.9. The van der Waals surface area contributed by atoms with Crippen molar-refractivity contribution < 1.29 is 14.7 Å². The molecule has 6 nitrogen and oxygen atoms in total. The van der Waals surface area contributed by atoms with Crippen LogP contribution in [-0.2, 0) is 0 Å². The smallest absolute Gasteiger partial charge is 0.271 e. The van der Waals surface area contributed by atoms with E-state index in [1.807, 2.05) is 0 Å². The maximum Gasteiger partial charge on any atom is 0.271 e. The number of phenolic OH excluding ortho intramolecular Hbond substituents is 1. The van der Waals surface area contributed by atoms with Gasteiger partial charge in [0.15, 0.2) is 0 Å². The molecule has 0 aliphatic heterocycles. The highest BCUT2D eigenvalue weighted by molar-refractivity contribution is 9.10. The van der Waals surface area contributed by atoms with E-state index in [1.165, 1.54) is 12.3 Å². The van der Waals surface area contributed by atoms with Gasteiger partial charge in [-0.05, 0) is 66.7 Å². The average Bonchev–Trinajstić information content (AvgIpc) is 2.71. The second-order valence-corrected chi connectivity index (χ2v) is 7.29. The molecular formula is C21H15BrClN3O3. The summed E-state index contributed by atoms with van der Waals surface area (Å²) in [5, 5.41) is 16.9. The maximum absolute atomic E-state index is 12.2. The highest BCUT2D eigenvalue weighted by Crippen LogP contribution is 2.20. The van der Waals surface area contributed by atoms with Gasteiger partial charge in [0.1, 0.15) is 5.75 Å². The zero-order valence-electron chi connectivity index (χ0n) is 14.9. The summed E-state index contributed by atoms with van der Waals surface area (Å²) in [6.45, 7) is 0. The van der Waals surface area contributed by atoms with Gasteiger partial charge < -0.3 is 10.4 Å². The molecule has 0 fully saturated rings. The Morgan fingerprint density at radius 1 is 0.931 bits per heavy atom. The van der Waals surface area contributed by atoms with Gasteiger partial charge in [0.05, 0.1) is 6.21 Å². The summed E-state index contributed by atoms with van der Waals surface area (Å²) in [6.07, 6.45) is 1.35. The predicted molar refractivity (Wildman–Crippen MR) is 117 cm³/mol. The number of carbonyl (C=O) groups is 2. The minimum Gasteiger partial charge on any atom is -0.507 e. The molecule has 0 saturated carbocycles. The number of nitrogens with zero attached hydrogens (tertiary/aromatic N) is 1. The van der Waals surface area contributed by atoms with E-state index >= 15 is 0 Å². The Balaban J connectivity index is 1.59. The zero-order chi connectivity index (χ0) is 20.8. The molecule has 2 amide bonds. The molecule has 0 radical (unpaired) electrons. The Bertz CT molecular complexity index is 1070. The number of aromatic hydroxyl groups is 1. The molecule has 29 heavy (non-hydrogen) atoms. The summed E-state index contributed by atoms with van der Waals surface area (Å²) in [5.41, 5.74) is 4.23. The first-order valence-electron chi connectivity index (χ1n) is 8.41. The molecule has 3 rings (SSSR count). The van der Waals surface area contributed by atoms with Crippen LogP contribution in [0.15, 0.2) is 76.3 Å². The number of nitrogens with one attached hydrogen (secondary N) is 2. The number of halogens is 2. The number of hydrazone groups is 1. The molecule has 0 aliphatic carbocycles. The summed E-state index contributed by atoms with van der Waals surface area (Å²) in [4.78, 5) is 24.4. The highest BCUT2D eigenvalue weighted by Gasteiger charge is 2.08. The van der Waals surface area contributed by atoms with Gasteiger partial charge in [0, 0.05) is 31.9 Å². The lowest BCUT2D eigenvalue weighted by Crippen LogP contribution is -2.18. The minimum atomic E-state index is -0.425. The molecule has 0 bridgehead atoms. The first-order valence-corrected chi connectivity index (χ1v) is 9.58. The number of benzene rings is 3. The van der Waals surface area contributed by atoms with Crippen LogP contribution >= 0.6 is 27.5 Å². The van der Waals surface area contributed by atoms with Crippen molar-refractivity contribution in [3.63, 3.8) is 0 Å². The Hall–Kier alpha value is -3.16. The molecule has 3 N–H and O–H groups in total. The van der Waals surface area contributed by atoms with Gasteiger partial charge >= 0.3 is 0 Å². The van der Waals surface area contributed by atoms with Crippen molar-refractivity contribution in [3.8, 4) is 5.75 Å².